The molecular formula is C48H30F6O. The lowest BCUT2D eigenvalue weighted by Gasteiger charge is -2.26. The van der Waals surface area contributed by atoms with Gasteiger partial charge in [0.05, 0.1) is 0 Å². The molecule has 0 saturated carbocycles. The highest BCUT2D eigenvalue weighted by atomic mass is 19.3. The van der Waals surface area contributed by atoms with E-state index in [9.17, 15) is 0 Å². The Kier molecular flexibility index (Phi) is 7.73. The number of hydrogen-bond donors (Lipinski definition) is 0. The van der Waals surface area contributed by atoms with Crippen LogP contribution in [-0.4, -0.2) is 17.8 Å². The van der Waals surface area contributed by atoms with Gasteiger partial charge in [0.15, 0.2) is 0 Å². The second-order valence-corrected chi connectivity index (χ2v) is 13.7. The van der Waals surface area contributed by atoms with Gasteiger partial charge in [-0.3, -0.25) is 0 Å². The minimum atomic E-state index is -5.69. The number of halogens is 6. The van der Waals surface area contributed by atoms with E-state index >= 15 is 26.3 Å². The van der Waals surface area contributed by atoms with Gasteiger partial charge in [-0.15, -0.1) is 0 Å². The minimum absolute atomic E-state index is 0.402. The lowest BCUT2D eigenvalue weighted by atomic mass is 9.90. The van der Waals surface area contributed by atoms with E-state index < -0.39 is 40.0 Å². The molecule has 0 fully saturated rings. The molecule has 55 heavy (non-hydrogen) atoms. The molecule has 0 amide bonds. The molecule has 9 rings (SSSR count). The van der Waals surface area contributed by atoms with Gasteiger partial charge in [0.1, 0.15) is 11.2 Å². The van der Waals surface area contributed by atoms with Crippen molar-refractivity contribution in [2.75, 3.05) is 0 Å². The van der Waals surface area contributed by atoms with E-state index in [1.165, 1.54) is 42.5 Å². The van der Waals surface area contributed by atoms with Crippen LogP contribution >= 0.6 is 0 Å². The van der Waals surface area contributed by atoms with Crippen LogP contribution in [0, 0.1) is 0 Å². The van der Waals surface area contributed by atoms with Crippen LogP contribution in [0.4, 0.5) is 26.3 Å². The zero-order chi connectivity index (χ0) is 38.3. The fourth-order valence-corrected chi connectivity index (χ4v) is 8.15. The SMILES string of the molecule is C=C/C=c1\c(=C/C)c2ccccc2c2cc(-c3cccc(C4=C(c5ccc(-c6cccc7c6oc6ccccc67)cc5)C(F)(F)C(F)(F)C4(F)F)c3)ccc12. The van der Waals surface area contributed by atoms with E-state index in [0.29, 0.717) is 33.4 Å². The van der Waals surface area contributed by atoms with E-state index in [1.807, 2.05) is 97.9 Å². The third kappa shape index (κ3) is 4.95. The molecule has 0 saturated heterocycles. The highest BCUT2D eigenvalue weighted by molar-refractivity contribution is 6.11. The van der Waals surface area contributed by atoms with Crippen molar-refractivity contribution < 1.29 is 30.8 Å². The smallest absolute Gasteiger partial charge is 0.380 e. The van der Waals surface area contributed by atoms with Gasteiger partial charge in [-0.2, -0.15) is 26.3 Å². The molecule has 0 aliphatic heterocycles. The monoisotopic (exact) mass is 736 g/mol. The van der Waals surface area contributed by atoms with E-state index in [-0.39, 0.29) is 0 Å². The van der Waals surface area contributed by atoms with Crippen LogP contribution in [0.3, 0.4) is 0 Å². The molecule has 7 aromatic carbocycles. The second kappa shape index (κ2) is 12.4. The van der Waals surface area contributed by atoms with Crippen LogP contribution in [-0.2, 0) is 0 Å². The summed E-state index contributed by atoms with van der Waals surface area (Å²) in [6, 6.07) is 37.3. The highest BCUT2D eigenvalue weighted by Gasteiger charge is 2.80. The van der Waals surface area contributed by atoms with Gasteiger partial charge in [0.2, 0.25) is 0 Å². The fourth-order valence-electron chi connectivity index (χ4n) is 8.15. The van der Waals surface area contributed by atoms with Gasteiger partial charge < -0.3 is 4.42 Å². The van der Waals surface area contributed by atoms with Gasteiger partial charge in [0, 0.05) is 27.5 Å². The summed E-state index contributed by atoms with van der Waals surface area (Å²) in [4.78, 5) is 0. The minimum Gasteiger partial charge on any atom is -0.455 e. The molecule has 1 nitrogen and oxygen atoms in total. The Labute approximate surface area is 311 Å². The fraction of sp³-hybridized carbons (Fsp3) is 0.0833. The van der Waals surface area contributed by atoms with Crippen molar-refractivity contribution in [1.82, 2.24) is 0 Å². The summed E-state index contributed by atoms with van der Waals surface area (Å²) in [7, 11) is 0. The molecule has 7 heteroatoms. The molecule has 0 unspecified atom stereocenters. The molecule has 0 radical (unpaired) electrons. The molecular weight excluding hydrogens is 707 g/mol. The van der Waals surface area contributed by atoms with Crippen LogP contribution in [0.15, 0.2) is 151 Å². The van der Waals surface area contributed by atoms with Crippen molar-refractivity contribution in [1.29, 1.82) is 0 Å². The van der Waals surface area contributed by atoms with Crippen LogP contribution < -0.4 is 10.4 Å². The lowest BCUT2D eigenvalue weighted by Crippen LogP contribution is -2.48. The van der Waals surface area contributed by atoms with Gasteiger partial charge in [0.25, 0.3) is 0 Å². The van der Waals surface area contributed by atoms with Crippen LogP contribution in [0.5, 0.6) is 0 Å². The average Bonchev–Trinajstić information content (AvgIpc) is 3.63. The summed E-state index contributed by atoms with van der Waals surface area (Å²) < 4.78 is 100. The molecule has 8 aromatic rings. The van der Waals surface area contributed by atoms with Crippen molar-refractivity contribution in [2.24, 2.45) is 0 Å². The Morgan fingerprint density at radius 2 is 1.05 bits per heavy atom. The number of para-hydroxylation sites is 2. The van der Waals surface area contributed by atoms with Crippen LogP contribution in [0.1, 0.15) is 18.1 Å². The van der Waals surface area contributed by atoms with Crippen LogP contribution in [0.25, 0.3) is 89.0 Å². The van der Waals surface area contributed by atoms with Gasteiger partial charge in [-0.05, 0) is 84.9 Å². The molecule has 1 aliphatic carbocycles. The first-order chi connectivity index (χ1) is 26.5. The van der Waals surface area contributed by atoms with Gasteiger partial charge in [-0.1, -0.05) is 140 Å². The molecule has 1 aliphatic rings. The number of allylic oxidation sites excluding steroid dienone is 3. The second-order valence-electron chi connectivity index (χ2n) is 13.7. The Bertz CT molecular complexity index is 3040. The predicted octanol–water partition coefficient (Wildman–Crippen LogP) is 12.8. The Hall–Kier alpha value is -6.34. The Morgan fingerprint density at radius 3 is 1.78 bits per heavy atom. The number of benzene rings is 7. The van der Waals surface area contributed by atoms with E-state index in [2.05, 4.69) is 6.58 Å². The predicted molar refractivity (Wildman–Crippen MR) is 212 cm³/mol. The molecule has 0 spiro atoms. The highest BCUT2D eigenvalue weighted by Crippen LogP contribution is 2.64. The van der Waals surface area contributed by atoms with E-state index in [0.717, 1.165) is 42.8 Å². The number of alkyl halides is 6. The maximum absolute atomic E-state index is 15.9. The number of hydrogen-bond acceptors (Lipinski definition) is 1. The van der Waals surface area contributed by atoms with Crippen LogP contribution in [0.2, 0.25) is 0 Å². The van der Waals surface area contributed by atoms with Crippen molar-refractivity contribution in [2.45, 2.75) is 24.7 Å². The first-order valence-electron chi connectivity index (χ1n) is 17.7. The third-order valence-corrected chi connectivity index (χ3v) is 10.7. The zero-order valence-corrected chi connectivity index (χ0v) is 29.3. The van der Waals surface area contributed by atoms with Crippen molar-refractivity contribution in [3.05, 3.63) is 168 Å². The third-order valence-electron chi connectivity index (χ3n) is 10.7. The standard InChI is InChI=1S/C48H30F6O/c1-3-11-35-33(4-2)36-14-5-6-15-37(36)41-27-31(24-25-38(35)41)30-12-9-13-32(26-30)44-43(46(49,50)48(53,54)47(44,51)52)29-22-20-28(21-23-29)34-17-10-18-40-39-16-7-8-19-42(39)55-45(34)40/h3-27H,1H2,2H3/b33-4+,35-11+. The quantitative estimate of drug-likeness (QED) is 0.127. The molecule has 1 heterocycles. The first kappa shape index (κ1) is 34.4. The van der Waals surface area contributed by atoms with E-state index in [4.69, 9.17) is 4.42 Å². The lowest BCUT2D eigenvalue weighted by molar-refractivity contribution is -0.254. The number of rotatable bonds is 5. The summed E-state index contributed by atoms with van der Waals surface area (Å²) in [5, 5.41) is 7.47. The maximum atomic E-state index is 15.9. The molecule has 0 atom stereocenters. The normalized spacial score (nSPS) is 16.9. The summed E-state index contributed by atoms with van der Waals surface area (Å²) in [5.41, 5.74) is -0.287. The zero-order valence-electron chi connectivity index (χ0n) is 29.3. The number of furan rings is 1. The molecule has 1 aromatic heterocycles. The summed E-state index contributed by atoms with van der Waals surface area (Å²) >= 11 is 0. The summed E-state index contributed by atoms with van der Waals surface area (Å²) in [6.45, 7) is 5.84. The summed E-state index contributed by atoms with van der Waals surface area (Å²) in [5.74, 6) is -16.1. The number of fused-ring (bicyclic) bond motifs is 6. The van der Waals surface area contributed by atoms with E-state index in [1.54, 1.807) is 18.2 Å². The first-order valence-corrected chi connectivity index (χ1v) is 17.7. The summed E-state index contributed by atoms with van der Waals surface area (Å²) in [6.07, 6.45) is 5.66. The maximum Gasteiger partial charge on any atom is 0.380 e. The molecule has 270 valence electrons. The van der Waals surface area contributed by atoms with Gasteiger partial charge in [-0.25, -0.2) is 0 Å². The molecule has 0 N–H and O–H groups in total. The molecule has 0 bridgehead atoms. The topological polar surface area (TPSA) is 13.1 Å². The van der Waals surface area contributed by atoms with Crippen molar-refractivity contribution >= 4 is 66.8 Å². The van der Waals surface area contributed by atoms with Crippen molar-refractivity contribution in [3.8, 4) is 22.3 Å². The average molecular weight is 737 g/mol. The largest absolute Gasteiger partial charge is 0.455 e. The Balaban J connectivity index is 1.20. The Morgan fingerprint density at radius 1 is 0.491 bits per heavy atom. The van der Waals surface area contributed by atoms with Crippen molar-refractivity contribution in [3.63, 3.8) is 0 Å². The van der Waals surface area contributed by atoms with Gasteiger partial charge >= 0.3 is 17.8 Å².